The smallest absolute Gasteiger partial charge is 0.127 e. The molecule has 0 radical (unpaired) electrons. The lowest BCUT2D eigenvalue weighted by Crippen LogP contribution is -2.17. The number of benzene rings is 2. The van der Waals surface area contributed by atoms with Crippen LogP contribution in [0.5, 0.6) is 0 Å². The summed E-state index contributed by atoms with van der Waals surface area (Å²) in [5, 5.41) is 2.59. The third kappa shape index (κ3) is 4.31. The Balaban J connectivity index is 2.79. The van der Waals surface area contributed by atoms with Gasteiger partial charge in [-0.15, -0.1) is 5.54 Å². The van der Waals surface area contributed by atoms with Crippen LogP contribution in [0.15, 0.2) is 30.3 Å². The van der Waals surface area contributed by atoms with Gasteiger partial charge in [-0.1, -0.05) is 97.4 Å². The van der Waals surface area contributed by atoms with Crippen LogP contribution < -0.4 is 0 Å². The van der Waals surface area contributed by atoms with Crippen molar-refractivity contribution in [2.24, 2.45) is 0 Å². The fourth-order valence-corrected chi connectivity index (χ4v) is 3.31. The van der Waals surface area contributed by atoms with Gasteiger partial charge in [0.1, 0.15) is 8.07 Å². The van der Waals surface area contributed by atoms with Crippen LogP contribution in [0.2, 0.25) is 19.6 Å². The molecule has 24 heavy (non-hydrogen) atoms. The van der Waals surface area contributed by atoms with Crippen LogP contribution in [0.3, 0.4) is 0 Å². The predicted octanol–water partition coefficient (Wildman–Crippen LogP) is 6.66. The SMILES string of the molecule is CC(C)(C)c1ccc2c(C#C[Si](C)(C)C)c(C(C)(C)C)ccc2c1. The van der Waals surface area contributed by atoms with Crippen molar-refractivity contribution in [3.05, 3.63) is 47.0 Å². The molecule has 0 nitrogen and oxygen atoms in total. The summed E-state index contributed by atoms with van der Waals surface area (Å²) in [5.41, 5.74) is 7.80. The van der Waals surface area contributed by atoms with E-state index in [1.54, 1.807) is 0 Å². The molecular formula is C23H32Si. The normalized spacial score (nSPS) is 12.9. The zero-order valence-corrected chi connectivity index (χ0v) is 17.9. The van der Waals surface area contributed by atoms with Crippen molar-refractivity contribution in [1.29, 1.82) is 0 Å². The van der Waals surface area contributed by atoms with Crippen molar-refractivity contribution in [2.45, 2.75) is 72.0 Å². The molecule has 1 heteroatoms. The van der Waals surface area contributed by atoms with Gasteiger partial charge in [-0.05, 0) is 32.7 Å². The fourth-order valence-electron chi connectivity index (χ4n) is 2.81. The summed E-state index contributed by atoms with van der Waals surface area (Å²) in [5.74, 6) is 3.57. The second-order valence-corrected chi connectivity index (χ2v) is 14.7. The molecule has 128 valence electrons. The summed E-state index contributed by atoms with van der Waals surface area (Å²) in [6.45, 7) is 20.5. The topological polar surface area (TPSA) is 0 Å². The van der Waals surface area contributed by atoms with E-state index in [-0.39, 0.29) is 10.8 Å². The van der Waals surface area contributed by atoms with Crippen molar-refractivity contribution >= 4 is 18.8 Å². The average Bonchev–Trinajstić information content (AvgIpc) is 2.40. The third-order valence-electron chi connectivity index (χ3n) is 4.26. The molecule has 0 saturated carbocycles. The molecule has 0 amide bonds. The lowest BCUT2D eigenvalue weighted by atomic mass is 9.80. The van der Waals surface area contributed by atoms with Gasteiger partial charge in [0.05, 0.1) is 0 Å². The first-order chi connectivity index (χ1) is 10.8. The maximum atomic E-state index is 3.58. The van der Waals surface area contributed by atoms with Crippen LogP contribution in [-0.2, 0) is 10.8 Å². The zero-order valence-electron chi connectivity index (χ0n) is 16.9. The monoisotopic (exact) mass is 336 g/mol. The van der Waals surface area contributed by atoms with Gasteiger partial charge in [0.25, 0.3) is 0 Å². The molecule has 0 atom stereocenters. The molecule has 0 spiro atoms. The van der Waals surface area contributed by atoms with E-state index in [9.17, 15) is 0 Å². The average molecular weight is 337 g/mol. The molecule has 0 unspecified atom stereocenters. The highest BCUT2D eigenvalue weighted by Crippen LogP contribution is 2.33. The minimum atomic E-state index is -1.41. The van der Waals surface area contributed by atoms with Gasteiger partial charge in [-0.25, -0.2) is 0 Å². The third-order valence-corrected chi connectivity index (χ3v) is 5.13. The molecule has 0 aromatic heterocycles. The first-order valence-electron chi connectivity index (χ1n) is 8.90. The summed E-state index contributed by atoms with van der Waals surface area (Å²) in [6.07, 6.45) is 0. The van der Waals surface area contributed by atoms with Crippen LogP contribution in [-0.4, -0.2) is 8.07 Å². The van der Waals surface area contributed by atoms with Gasteiger partial charge in [0.15, 0.2) is 0 Å². The van der Waals surface area contributed by atoms with E-state index in [2.05, 4.69) is 103 Å². The molecule has 2 rings (SSSR count). The highest BCUT2D eigenvalue weighted by atomic mass is 28.3. The molecule has 0 saturated heterocycles. The van der Waals surface area contributed by atoms with E-state index >= 15 is 0 Å². The van der Waals surface area contributed by atoms with E-state index in [1.165, 1.54) is 27.5 Å². The zero-order chi connectivity index (χ0) is 18.3. The summed E-state index contributed by atoms with van der Waals surface area (Å²) in [4.78, 5) is 0. The van der Waals surface area contributed by atoms with Crippen LogP contribution in [0.1, 0.15) is 58.2 Å². The Labute approximate surface area is 149 Å². The van der Waals surface area contributed by atoms with Crippen LogP contribution in [0.4, 0.5) is 0 Å². The first kappa shape index (κ1) is 18.8. The van der Waals surface area contributed by atoms with Crippen molar-refractivity contribution in [1.82, 2.24) is 0 Å². The molecule has 2 aromatic carbocycles. The number of fused-ring (bicyclic) bond motifs is 1. The Morgan fingerprint density at radius 1 is 0.792 bits per heavy atom. The molecule has 0 aliphatic heterocycles. The van der Waals surface area contributed by atoms with Crippen molar-refractivity contribution < 1.29 is 0 Å². The molecule has 0 bridgehead atoms. The molecule has 0 N–H and O–H groups in total. The molecule has 0 aliphatic rings. The van der Waals surface area contributed by atoms with Crippen LogP contribution >= 0.6 is 0 Å². The summed E-state index contributed by atoms with van der Waals surface area (Å²) in [6, 6.07) is 11.4. The Morgan fingerprint density at radius 3 is 1.92 bits per heavy atom. The molecule has 0 aliphatic carbocycles. The van der Waals surface area contributed by atoms with Crippen LogP contribution in [0.25, 0.3) is 10.8 Å². The largest absolute Gasteiger partial charge is 0.129 e. The lowest BCUT2D eigenvalue weighted by molar-refractivity contribution is 0.588. The van der Waals surface area contributed by atoms with E-state index in [4.69, 9.17) is 0 Å². The maximum Gasteiger partial charge on any atom is 0.129 e. The molecule has 2 aromatic rings. The minimum Gasteiger partial charge on any atom is -0.127 e. The second-order valence-electron chi connectivity index (χ2n) is 9.92. The number of rotatable bonds is 0. The first-order valence-corrected chi connectivity index (χ1v) is 12.4. The summed E-state index contributed by atoms with van der Waals surface area (Å²) >= 11 is 0. The molecule has 0 heterocycles. The van der Waals surface area contributed by atoms with Gasteiger partial charge in [-0.2, -0.15) is 0 Å². The summed E-state index contributed by atoms with van der Waals surface area (Å²) in [7, 11) is -1.41. The van der Waals surface area contributed by atoms with Crippen molar-refractivity contribution in [3.63, 3.8) is 0 Å². The predicted molar refractivity (Wildman–Crippen MR) is 112 cm³/mol. The van der Waals surface area contributed by atoms with Gasteiger partial charge in [0.2, 0.25) is 0 Å². The Bertz CT molecular complexity index is 810. The van der Waals surface area contributed by atoms with Gasteiger partial charge in [-0.3, -0.25) is 0 Å². The molecular weight excluding hydrogens is 304 g/mol. The standard InChI is InChI=1S/C23H32Si/c1-22(2,3)18-11-12-19-17(16-18)10-13-21(23(4,5)6)20(19)14-15-24(7,8)9/h10-13,16H,1-9H3. The van der Waals surface area contributed by atoms with E-state index < -0.39 is 8.07 Å². The molecule has 0 fully saturated rings. The van der Waals surface area contributed by atoms with Gasteiger partial charge in [0, 0.05) is 5.56 Å². The minimum absolute atomic E-state index is 0.0976. The Morgan fingerprint density at radius 2 is 1.42 bits per heavy atom. The number of hydrogen-bond acceptors (Lipinski definition) is 0. The second kappa shape index (κ2) is 6.08. The van der Waals surface area contributed by atoms with Crippen LogP contribution in [0, 0.1) is 11.5 Å². The highest BCUT2D eigenvalue weighted by molar-refractivity contribution is 6.83. The Hall–Kier alpha value is -1.52. The number of hydrogen-bond donors (Lipinski definition) is 0. The van der Waals surface area contributed by atoms with E-state index in [0.29, 0.717) is 0 Å². The van der Waals surface area contributed by atoms with Crippen molar-refractivity contribution in [2.75, 3.05) is 0 Å². The Kier molecular flexibility index (Phi) is 4.77. The lowest BCUT2D eigenvalue weighted by Gasteiger charge is -2.24. The van der Waals surface area contributed by atoms with E-state index in [0.717, 1.165) is 0 Å². The highest BCUT2D eigenvalue weighted by Gasteiger charge is 2.21. The van der Waals surface area contributed by atoms with Gasteiger partial charge < -0.3 is 0 Å². The van der Waals surface area contributed by atoms with Gasteiger partial charge >= 0.3 is 0 Å². The maximum absolute atomic E-state index is 3.58. The fraction of sp³-hybridized carbons (Fsp3) is 0.478. The quantitative estimate of drug-likeness (QED) is 0.372. The summed E-state index contributed by atoms with van der Waals surface area (Å²) < 4.78 is 0. The van der Waals surface area contributed by atoms with E-state index in [1.807, 2.05) is 0 Å². The van der Waals surface area contributed by atoms with Crippen molar-refractivity contribution in [3.8, 4) is 11.5 Å².